The number of fused-ring (bicyclic) bond motifs is 3. The lowest BCUT2D eigenvalue weighted by atomic mass is 9.66. The van der Waals surface area contributed by atoms with Gasteiger partial charge in [0, 0.05) is 36.1 Å². The lowest BCUT2D eigenvalue weighted by Gasteiger charge is -2.53. The number of hydrogen-bond donors (Lipinski definition) is 0. The maximum absolute atomic E-state index is 13.3. The fourth-order valence-electron chi connectivity index (χ4n) is 6.53. The molecule has 1 aromatic carbocycles. The third-order valence-electron chi connectivity index (χ3n) is 8.14. The summed E-state index contributed by atoms with van der Waals surface area (Å²) in [6.07, 6.45) is 6.11. The average molecular weight is 486 g/mol. The number of carbonyl (C=O) groups excluding carboxylic acids is 1. The Morgan fingerprint density at radius 3 is 2.62 bits per heavy atom. The third kappa shape index (κ3) is 3.22. The fraction of sp³-hybridized carbons (Fsp3) is 0.577. The zero-order valence-electron chi connectivity index (χ0n) is 20.6. The molecule has 1 saturated heterocycles. The minimum atomic E-state index is -3.58. The van der Waals surface area contributed by atoms with Crippen LogP contribution in [0.4, 0.5) is 0 Å². The van der Waals surface area contributed by atoms with Crippen LogP contribution < -0.4 is 0 Å². The number of carbonyl (C=O) groups is 1. The highest BCUT2D eigenvalue weighted by Gasteiger charge is 2.51. The van der Waals surface area contributed by atoms with Crippen molar-refractivity contribution in [3.63, 3.8) is 0 Å². The van der Waals surface area contributed by atoms with Gasteiger partial charge in [0.15, 0.2) is 0 Å². The van der Waals surface area contributed by atoms with E-state index in [2.05, 4.69) is 22.5 Å². The van der Waals surface area contributed by atoms with Crippen LogP contribution in [0.3, 0.4) is 0 Å². The number of hydrogen-bond acceptors (Lipinski definition) is 5. The van der Waals surface area contributed by atoms with Crippen LogP contribution in [0.2, 0.25) is 0 Å². The van der Waals surface area contributed by atoms with Gasteiger partial charge in [-0.15, -0.1) is 0 Å². The first-order valence-electron chi connectivity index (χ1n) is 12.6. The topological polar surface area (TPSA) is 71.8 Å². The summed E-state index contributed by atoms with van der Waals surface area (Å²) in [4.78, 5) is 16.1. The summed E-state index contributed by atoms with van der Waals surface area (Å²) in [5.74, 6) is -0.309. The molecule has 184 valence electrons. The standard InChI is InChI=1S/C26H35N3O4S/c1-5-26-13-9-14-27-15-12-19-20-16-18(34(31,32)28(6-2)7-3)10-11-21(20)29(23(19)24(26)27)22(17-26)25(30)33-8-4/h10-11,16-17,24H,5-9,12-15H2,1-4H3/t24-,26+/m1/s1. The van der Waals surface area contributed by atoms with Crippen LogP contribution in [0.1, 0.15) is 64.3 Å². The van der Waals surface area contributed by atoms with Crippen molar-refractivity contribution >= 4 is 32.6 Å². The number of piperidine rings is 1. The van der Waals surface area contributed by atoms with Crippen molar-refractivity contribution in [3.8, 4) is 0 Å². The van der Waals surface area contributed by atoms with Gasteiger partial charge in [-0.1, -0.05) is 20.8 Å². The summed E-state index contributed by atoms with van der Waals surface area (Å²) in [6, 6.07) is 5.60. The Labute approximate surface area is 202 Å². The van der Waals surface area contributed by atoms with Gasteiger partial charge in [-0.3, -0.25) is 4.90 Å². The van der Waals surface area contributed by atoms with E-state index >= 15 is 0 Å². The molecule has 1 fully saturated rings. The first-order valence-corrected chi connectivity index (χ1v) is 14.1. The first-order chi connectivity index (χ1) is 16.3. The molecule has 1 aromatic heterocycles. The van der Waals surface area contributed by atoms with Crippen LogP contribution in [0.5, 0.6) is 0 Å². The predicted octanol–water partition coefficient (Wildman–Crippen LogP) is 4.18. The summed E-state index contributed by atoms with van der Waals surface area (Å²) >= 11 is 0. The Morgan fingerprint density at radius 1 is 1.18 bits per heavy atom. The molecule has 0 N–H and O–H groups in total. The van der Waals surface area contributed by atoms with Crippen LogP contribution in [0.15, 0.2) is 29.2 Å². The molecule has 5 rings (SSSR count). The van der Waals surface area contributed by atoms with Crippen molar-refractivity contribution in [1.29, 1.82) is 0 Å². The molecule has 4 heterocycles. The van der Waals surface area contributed by atoms with E-state index in [4.69, 9.17) is 4.74 Å². The smallest absolute Gasteiger partial charge is 0.354 e. The van der Waals surface area contributed by atoms with Crippen molar-refractivity contribution in [3.05, 3.63) is 35.5 Å². The largest absolute Gasteiger partial charge is 0.461 e. The Bertz CT molecular complexity index is 1270. The molecular weight excluding hydrogens is 450 g/mol. The Morgan fingerprint density at radius 2 is 1.94 bits per heavy atom. The summed E-state index contributed by atoms with van der Waals surface area (Å²) in [6.45, 7) is 10.9. The van der Waals surface area contributed by atoms with Gasteiger partial charge in [-0.25, -0.2) is 13.2 Å². The van der Waals surface area contributed by atoms with E-state index in [-0.39, 0.29) is 17.4 Å². The molecule has 2 atom stereocenters. The van der Waals surface area contributed by atoms with E-state index in [9.17, 15) is 13.2 Å². The van der Waals surface area contributed by atoms with Crippen LogP contribution >= 0.6 is 0 Å². The molecule has 3 aliphatic rings. The van der Waals surface area contributed by atoms with E-state index < -0.39 is 10.0 Å². The van der Waals surface area contributed by atoms with Gasteiger partial charge in [0.1, 0.15) is 5.70 Å². The number of esters is 1. The van der Waals surface area contributed by atoms with Gasteiger partial charge in [-0.05, 0) is 69.0 Å². The second kappa shape index (κ2) is 8.50. The average Bonchev–Trinajstić information content (AvgIpc) is 3.18. The minimum absolute atomic E-state index is 0.115. The maximum Gasteiger partial charge on any atom is 0.354 e. The number of rotatable bonds is 7. The fourth-order valence-corrected chi connectivity index (χ4v) is 8.02. The van der Waals surface area contributed by atoms with Crippen LogP contribution in [-0.2, 0) is 26.0 Å². The predicted molar refractivity (Wildman–Crippen MR) is 133 cm³/mol. The molecule has 0 spiro atoms. The van der Waals surface area contributed by atoms with Gasteiger partial charge in [0.25, 0.3) is 0 Å². The zero-order valence-corrected chi connectivity index (χ0v) is 21.5. The first kappa shape index (κ1) is 23.6. The highest BCUT2D eigenvalue weighted by atomic mass is 32.2. The third-order valence-corrected chi connectivity index (χ3v) is 10.2. The van der Waals surface area contributed by atoms with E-state index in [1.807, 2.05) is 32.9 Å². The molecule has 8 heteroatoms. The number of sulfonamides is 1. The molecule has 0 radical (unpaired) electrons. The second-order valence-electron chi connectivity index (χ2n) is 9.60. The van der Waals surface area contributed by atoms with Crippen LogP contribution in [0.25, 0.3) is 16.6 Å². The van der Waals surface area contributed by atoms with Gasteiger partial charge >= 0.3 is 5.97 Å². The van der Waals surface area contributed by atoms with Gasteiger partial charge in [0.05, 0.1) is 23.1 Å². The summed E-state index contributed by atoms with van der Waals surface area (Å²) < 4.78 is 35.7. The van der Waals surface area contributed by atoms with Crippen molar-refractivity contribution < 1.29 is 17.9 Å². The summed E-state index contributed by atoms with van der Waals surface area (Å²) in [5.41, 5.74) is 3.69. The second-order valence-corrected chi connectivity index (χ2v) is 11.5. The van der Waals surface area contributed by atoms with E-state index in [1.165, 1.54) is 9.87 Å². The normalized spacial score (nSPS) is 24.3. The molecule has 0 unspecified atom stereocenters. The van der Waals surface area contributed by atoms with Crippen molar-refractivity contribution in [1.82, 2.24) is 13.8 Å². The molecule has 3 aliphatic heterocycles. The number of ether oxygens (including phenoxy) is 1. The van der Waals surface area contributed by atoms with E-state index in [1.54, 1.807) is 6.07 Å². The summed E-state index contributed by atoms with van der Waals surface area (Å²) in [7, 11) is -3.58. The quantitative estimate of drug-likeness (QED) is 0.550. The number of nitrogens with zero attached hydrogens (tertiary/aromatic N) is 3. The molecular formula is C26H35N3O4S. The SMILES string of the molecule is CCOC(=O)C1=C[C@]2(CC)CCCN3CCc4c(n1c1ccc(S(=O)(=O)N(CC)CC)cc41)[C@@H]32. The highest BCUT2D eigenvalue weighted by Crippen LogP contribution is 2.57. The lowest BCUT2D eigenvalue weighted by Crippen LogP contribution is -2.51. The van der Waals surface area contributed by atoms with Crippen LogP contribution in [0, 0.1) is 5.41 Å². The van der Waals surface area contributed by atoms with Crippen molar-refractivity contribution in [2.24, 2.45) is 5.41 Å². The van der Waals surface area contributed by atoms with Gasteiger partial charge in [-0.2, -0.15) is 4.31 Å². The number of benzene rings is 1. The molecule has 2 aromatic rings. The zero-order chi connectivity index (χ0) is 24.3. The minimum Gasteiger partial charge on any atom is -0.461 e. The van der Waals surface area contributed by atoms with Crippen LogP contribution in [-0.4, -0.2) is 60.9 Å². The van der Waals surface area contributed by atoms with Crippen molar-refractivity contribution in [2.75, 3.05) is 32.8 Å². The lowest BCUT2D eigenvalue weighted by molar-refractivity contribution is -0.136. The Balaban J connectivity index is 1.79. The monoisotopic (exact) mass is 485 g/mol. The summed E-state index contributed by atoms with van der Waals surface area (Å²) in [5, 5.41) is 0.940. The molecule has 34 heavy (non-hydrogen) atoms. The van der Waals surface area contributed by atoms with E-state index in [0.717, 1.165) is 55.4 Å². The molecule has 0 saturated carbocycles. The maximum atomic E-state index is 13.3. The van der Waals surface area contributed by atoms with E-state index in [0.29, 0.717) is 30.3 Å². The Hall–Kier alpha value is -2.16. The molecule has 0 aliphatic carbocycles. The van der Waals surface area contributed by atoms with Crippen molar-refractivity contribution in [2.45, 2.75) is 64.3 Å². The van der Waals surface area contributed by atoms with Gasteiger partial charge < -0.3 is 9.30 Å². The Kier molecular flexibility index (Phi) is 5.89. The molecule has 7 nitrogen and oxygen atoms in total. The highest BCUT2D eigenvalue weighted by molar-refractivity contribution is 7.89. The van der Waals surface area contributed by atoms with Gasteiger partial charge in [0.2, 0.25) is 10.0 Å². The number of aromatic nitrogens is 1. The molecule has 0 bridgehead atoms. The molecule has 0 amide bonds.